The minimum atomic E-state index is 0.679. The molecular weight excluding hydrogens is 186 g/mol. The van der Waals surface area contributed by atoms with Gasteiger partial charge in [-0.05, 0) is 39.3 Å². The van der Waals surface area contributed by atoms with E-state index in [-0.39, 0.29) is 0 Å². The number of hydrogen-bond donors (Lipinski definition) is 2. The largest absolute Gasteiger partial charge is 0.314 e. The lowest BCUT2D eigenvalue weighted by Gasteiger charge is -2.33. The molecule has 3 nitrogen and oxygen atoms in total. The van der Waals surface area contributed by atoms with Crippen molar-refractivity contribution in [2.75, 3.05) is 32.7 Å². The van der Waals surface area contributed by atoms with Crippen LogP contribution in [0.5, 0.6) is 0 Å². The monoisotopic (exact) mass is 211 g/mol. The Morgan fingerprint density at radius 1 is 1.20 bits per heavy atom. The van der Waals surface area contributed by atoms with E-state index in [4.69, 9.17) is 0 Å². The van der Waals surface area contributed by atoms with E-state index in [1.807, 2.05) is 0 Å². The van der Waals surface area contributed by atoms with Crippen LogP contribution in [-0.2, 0) is 0 Å². The third-order valence-corrected chi connectivity index (χ3v) is 3.66. The van der Waals surface area contributed by atoms with Crippen LogP contribution in [0.15, 0.2) is 0 Å². The summed E-state index contributed by atoms with van der Waals surface area (Å²) >= 11 is 0. The van der Waals surface area contributed by atoms with Gasteiger partial charge in [-0.25, -0.2) is 0 Å². The highest BCUT2D eigenvalue weighted by atomic mass is 15.2. The zero-order valence-corrected chi connectivity index (χ0v) is 9.97. The maximum absolute atomic E-state index is 3.63. The van der Waals surface area contributed by atoms with Crippen molar-refractivity contribution in [1.29, 1.82) is 0 Å². The molecule has 0 aromatic heterocycles. The van der Waals surface area contributed by atoms with Gasteiger partial charge < -0.3 is 15.5 Å². The second-order valence-electron chi connectivity index (χ2n) is 5.09. The summed E-state index contributed by atoms with van der Waals surface area (Å²) in [7, 11) is 0. The number of nitrogens with zero attached hydrogens (tertiary/aromatic N) is 1. The molecule has 2 saturated heterocycles. The lowest BCUT2D eigenvalue weighted by atomic mass is 10.0. The summed E-state index contributed by atoms with van der Waals surface area (Å²) in [4.78, 5) is 2.61. The second-order valence-corrected chi connectivity index (χ2v) is 5.09. The Labute approximate surface area is 93.6 Å². The molecule has 0 aliphatic carbocycles. The minimum absolute atomic E-state index is 0.679. The topological polar surface area (TPSA) is 27.3 Å². The summed E-state index contributed by atoms with van der Waals surface area (Å²) in [6, 6.07) is 1.47. The van der Waals surface area contributed by atoms with Crippen LogP contribution in [0.1, 0.15) is 32.6 Å². The van der Waals surface area contributed by atoms with Gasteiger partial charge in [-0.2, -0.15) is 0 Å². The van der Waals surface area contributed by atoms with Gasteiger partial charge in [0.2, 0.25) is 0 Å². The third kappa shape index (κ3) is 3.74. The summed E-state index contributed by atoms with van der Waals surface area (Å²) in [5.41, 5.74) is 0. The van der Waals surface area contributed by atoms with E-state index in [0.717, 1.165) is 6.04 Å². The van der Waals surface area contributed by atoms with Gasteiger partial charge in [0.25, 0.3) is 0 Å². The van der Waals surface area contributed by atoms with Gasteiger partial charge in [0.05, 0.1) is 0 Å². The molecule has 88 valence electrons. The Kier molecular flexibility index (Phi) is 4.42. The predicted octanol–water partition coefficient (Wildman–Crippen LogP) is 0.812. The van der Waals surface area contributed by atoms with Crippen molar-refractivity contribution in [3.63, 3.8) is 0 Å². The van der Waals surface area contributed by atoms with E-state index in [1.54, 1.807) is 0 Å². The van der Waals surface area contributed by atoms with E-state index in [2.05, 4.69) is 22.5 Å². The van der Waals surface area contributed by atoms with Crippen LogP contribution in [-0.4, -0.2) is 49.7 Å². The van der Waals surface area contributed by atoms with Gasteiger partial charge in [-0.15, -0.1) is 0 Å². The first kappa shape index (κ1) is 11.4. The summed E-state index contributed by atoms with van der Waals surface area (Å²) in [6.07, 6.45) is 5.53. The van der Waals surface area contributed by atoms with Crippen molar-refractivity contribution in [3.8, 4) is 0 Å². The predicted molar refractivity (Wildman–Crippen MR) is 64.2 cm³/mol. The third-order valence-electron chi connectivity index (χ3n) is 3.66. The number of nitrogens with one attached hydrogen (secondary N) is 2. The fraction of sp³-hybridized carbons (Fsp3) is 1.00. The number of rotatable bonds is 3. The van der Waals surface area contributed by atoms with Crippen LogP contribution in [0.2, 0.25) is 0 Å². The highest BCUT2D eigenvalue weighted by Crippen LogP contribution is 2.11. The minimum Gasteiger partial charge on any atom is -0.314 e. The SMILES string of the molecule is CC1CN(CCC2CCCCN2)CCN1. The van der Waals surface area contributed by atoms with Gasteiger partial charge in [0, 0.05) is 31.7 Å². The fourth-order valence-corrected chi connectivity index (χ4v) is 2.72. The van der Waals surface area contributed by atoms with Crippen LogP contribution >= 0.6 is 0 Å². The first-order valence-corrected chi connectivity index (χ1v) is 6.54. The quantitative estimate of drug-likeness (QED) is 0.723. The highest BCUT2D eigenvalue weighted by Gasteiger charge is 2.17. The molecule has 2 heterocycles. The molecule has 0 bridgehead atoms. The summed E-state index contributed by atoms with van der Waals surface area (Å²) in [5.74, 6) is 0. The summed E-state index contributed by atoms with van der Waals surface area (Å²) < 4.78 is 0. The van der Waals surface area contributed by atoms with E-state index >= 15 is 0 Å². The molecule has 2 aliphatic heterocycles. The van der Waals surface area contributed by atoms with E-state index in [9.17, 15) is 0 Å². The second kappa shape index (κ2) is 5.83. The fourth-order valence-electron chi connectivity index (χ4n) is 2.72. The number of piperidine rings is 1. The first-order valence-electron chi connectivity index (χ1n) is 6.54. The lowest BCUT2D eigenvalue weighted by molar-refractivity contribution is 0.193. The average Bonchev–Trinajstić information content (AvgIpc) is 2.28. The summed E-state index contributed by atoms with van der Waals surface area (Å²) in [6.45, 7) is 8.43. The molecule has 3 heteroatoms. The van der Waals surface area contributed by atoms with E-state index in [1.165, 1.54) is 58.4 Å². The van der Waals surface area contributed by atoms with Crippen molar-refractivity contribution < 1.29 is 0 Å². The van der Waals surface area contributed by atoms with Gasteiger partial charge in [0.1, 0.15) is 0 Å². The average molecular weight is 211 g/mol. The normalized spacial score (nSPS) is 34.2. The smallest absolute Gasteiger partial charge is 0.0167 e. The van der Waals surface area contributed by atoms with Crippen molar-refractivity contribution in [3.05, 3.63) is 0 Å². The molecule has 2 atom stereocenters. The van der Waals surface area contributed by atoms with Gasteiger partial charge >= 0.3 is 0 Å². The number of piperazine rings is 1. The lowest BCUT2D eigenvalue weighted by Crippen LogP contribution is -2.50. The van der Waals surface area contributed by atoms with Gasteiger partial charge in [-0.1, -0.05) is 6.42 Å². The molecule has 2 unspecified atom stereocenters. The first-order chi connectivity index (χ1) is 7.34. The van der Waals surface area contributed by atoms with Crippen molar-refractivity contribution in [1.82, 2.24) is 15.5 Å². The molecule has 2 rings (SSSR count). The van der Waals surface area contributed by atoms with E-state index < -0.39 is 0 Å². The van der Waals surface area contributed by atoms with Crippen molar-refractivity contribution >= 4 is 0 Å². The zero-order chi connectivity index (χ0) is 10.5. The molecule has 0 radical (unpaired) electrons. The molecule has 0 saturated carbocycles. The van der Waals surface area contributed by atoms with Crippen molar-refractivity contribution in [2.45, 2.75) is 44.7 Å². The molecule has 0 spiro atoms. The Bertz CT molecular complexity index is 178. The molecule has 0 amide bonds. The molecule has 2 fully saturated rings. The van der Waals surface area contributed by atoms with Gasteiger partial charge in [-0.3, -0.25) is 0 Å². The standard InChI is InChI=1S/C12H25N3/c1-11-10-15(9-7-13-11)8-5-12-4-2-3-6-14-12/h11-14H,2-10H2,1H3. The van der Waals surface area contributed by atoms with E-state index in [0.29, 0.717) is 6.04 Å². The maximum Gasteiger partial charge on any atom is 0.0167 e. The Balaban J connectivity index is 1.63. The zero-order valence-electron chi connectivity index (χ0n) is 9.97. The highest BCUT2D eigenvalue weighted by molar-refractivity contribution is 4.78. The van der Waals surface area contributed by atoms with Crippen LogP contribution in [0.25, 0.3) is 0 Å². The summed E-state index contributed by atoms with van der Waals surface area (Å²) in [5, 5.41) is 7.12. The van der Waals surface area contributed by atoms with Crippen LogP contribution < -0.4 is 10.6 Å². The Morgan fingerprint density at radius 3 is 2.87 bits per heavy atom. The van der Waals surface area contributed by atoms with Crippen LogP contribution in [0, 0.1) is 0 Å². The molecule has 15 heavy (non-hydrogen) atoms. The maximum atomic E-state index is 3.63. The van der Waals surface area contributed by atoms with Crippen LogP contribution in [0.4, 0.5) is 0 Å². The Morgan fingerprint density at radius 2 is 2.13 bits per heavy atom. The molecule has 2 aliphatic rings. The van der Waals surface area contributed by atoms with Gasteiger partial charge in [0.15, 0.2) is 0 Å². The number of hydrogen-bond acceptors (Lipinski definition) is 3. The molecule has 2 N–H and O–H groups in total. The van der Waals surface area contributed by atoms with Crippen LogP contribution in [0.3, 0.4) is 0 Å². The Hall–Kier alpha value is -0.120. The molecule has 0 aromatic rings. The molecular formula is C12H25N3. The van der Waals surface area contributed by atoms with Crippen molar-refractivity contribution in [2.24, 2.45) is 0 Å². The molecule has 0 aromatic carbocycles.